The Kier molecular flexibility index (Phi) is 7.14. The predicted octanol–water partition coefficient (Wildman–Crippen LogP) is 2.82. The molecule has 0 aromatic heterocycles. The van der Waals surface area contributed by atoms with Crippen molar-refractivity contribution < 1.29 is 9.53 Å². The summed E-state index contributed by atoms with van der Waals surface area (Å²) in [4.78, 5) is 14.8. The zero-order valence-corrected chi connectivity index (χ0v) is 14.7. The summed E-state index contributed by atoms with van der Waals surface area (Å²) >= 11 is 0. The van der Waals surface area contributed by atoms with E-state index in [1.807, 2.05) is 13.8 Å². The topological polar surface area (TPSA) is 41.6 Å². The molecule has 3 unspecified atom stereocenters. The number of likely N-dealkylation sites (tertiary alicyclic amines) is 1. The van der Waals surface area contributed by atoms with E-state index in [0.717, 1.165) is 25.3 Å². The first-order chi connectivity index (χ1) is 9.78. The first kappa shape index (κ1) is 18.4. The molecule has 1 rings (SSSR count). The summed E-state index contributed by atoms with van der Waals surface area (Å²) in [7, 11) is 0. The molecule has 0 spiro atoms. The lowest BCUT2D eigenvalue weighted by atomic mass is 9.94. The largest absolute Gasteiger partial charge is 0.465 e. The number of hydrogen-bond donors (Lipinski definition) is 1. The van der Waals surface area contributed by atoms with E-state index in [4.69, 9.17) is 4.74 Å². The van der Waals surface area contributed by atoms with Gasteiger partial charge < -0.3 is 9.64 Å². The Hall–Kier alpha value is -0.610. The molecule has 0 amide bonds. The van der Waals surface area contributed by atoms with Gasteiger partial charge in [0.05, 0.1) is 6.61 Å². The molecule has 0 bridgehead atoms. The van der Waals surface area contributed by atoms with Crippen molar-refractivity contribution in [2.45, 2.75) is 78.4 Å². The number of nitrogens with one attached hydrogen (secondary N) is 1. The summed E-state index contributed by atoms with van der Waals surface area (Å²) < 4.78 is 5.25. The molecule has 0 aliphatic carbocycles. The van der Waals surface area contributed by atoms with Gasteiger partial charge in [-0.25, -0.2) is 0 Å². The van der Waals surface area contributed by atoms with Gasteiger partial charge in [0.2, 0.25) is 0 Å². The molecule has 0 radical (unpaired) electrons. The Morgan fingerprint density at radius 3 is 2.57 bits per heavy atom. The standard InChI is InChI=1S/C17H34N2O2/c1-7-21-16(20)17(6,18-13(2)3)9-8-10-19-12-14(4)11-15(19)5/h13-15,18H,7-12H2,1-6H3. The number of carbonyl (C=O) groups excluding carboxylic acids is 1. The zero-order chi connectivity index (χ0) is 16.0. The number of esters is 1. The minimum atomic E-state index is -0.571. The highest BCUT2D eigenvalue weighted by molar-refractivity contribution is 5.80. The van der Waals surface area contributed by atoms with Crippen LogP contribution in [0.2, 0.25) is 0 Å². The van der Waals surface area contributed by atoms with Crippen molar-refractivity contribution in [3.05, 3.63) is 0 Å². The van der Waals surface area contributed by atoms with Crippen LogP contribution in [0.25, 0.3) is 0 Å². The summed E-state index contributed by atoms with van der Waals surface area (Å²) in [5, 5.41) is 3.39. The van der Waals surface area contributed by atoms with E-state index in [2.05, 4.69) is 37.9 Å². The van der Waals surface area contributed by atoms with Gasteiger partial charge >= 0.3 is 5.97 Å². The Bertz CT molecular complexity index is 333. The number of nitrogens with zero attached hydrogens (tertiary/aromatic N) is 1. The van der Waals surface area contributed by atoms with E-state index in [1.165, 1.54) is 13.0 Å². The fourth-order valence-corrected chi connectivity index (χ4v) is 3.49. The average molecular weight is 298 g/mol. The van der Waals surface area contributed by atoms with E-state index in [-0.39, 0.29) is 12.0 Å². The molecule has 0 aromatic carbocycles. The van der Waals surface area contributed by atoms with Crippen LogP contribution in [0.4, 0.5) is 0 Å². The fraction of sp³-hybridized carbons (Fsp3) is 0.941. The van der Waals surface area contributed by atoms with Crippen LogP contribution in [0.1, 0.15) is 60.8 Å². The van der Waals surface area contributed by atoms with Gasteiger partial charge in [0.15, 0.2) is 0 Å². The second-order valence-corrected chi connectivity index (χ2v) is 7.14. The molecule has 4 heteroatoms. The third-order valence-corrected chi connectivity index (χ3v) is 4.37. The van der Waals surface area contributed by atoms with Crippen molar-refractivity contribution in [3.63, 3.8) is 0 Å². The third-order valence-electron chi connectivity index (χ3n) is 4.37. The van der Waals surface area contributed by atoms with Crippen molar-refractivity contribution in [1.82, 2.24) is 10.2 Å². The molecule has 21 heavy (non-hydrogen) atoms. The lowest BCUT2D eigenvalue weighted by Gasteiger charge is -2.31. The van der Waals surface area contributed by atoms with E-state index in [9.17, 15) is 4.79 Å². The summed E-state index contributed by atoms with van der Waals surface area (Å²) in [5.41, 5.74) is -0.571. The second-order valence-electron chi connectivity index (χ2n) is 7.14. The first-order valence-electron chi connectivity index (χ1n) is 8.47. The summed E-state index contributed by atoms with van der Waals surface area (Å²) in [5.74, 6) is 0.673. The van der Waals surface area contributed by atoms with Gasteiger partial charge in [-0.2, -0.15) is 0 Å². The minimum Gasteiger partial charge on any atom is -0.465 e. The molecule has 124 valence electrons. The van der Waals surface area contributed by atoms with Gasteiger partial charge in [0.25, 0.3) is 0 Å². The molecule has 3 atom stereocenters. The molecule has 0 saturated carbocycles. The van der Waals surface area contributed by atoms with Crippen LogP contribution >= 0.6 is 0 Å². The highest BCUT2D eigenvalue weighted by Crippen LogP contribution is 2.24. The number of carbonyl (C=O) groups is 1. The van der Waals surface area contributed by atoms with E-state index >= 15 is 0 Å². The highest BCUT2D eigenvalue weighted by Gasteiger charge is 2.35. The van der Waals surface area contributed by atoms with Gasteiger partial charge in [-0.3, -0.25) is 10.1 Å². The SMILES string of the molecule is CCOC(=O)C(C)(CCCN1CC(C)CC1C)NC(C)C. The Morgan fingerprint density at radius 1 is 1.43 bits per heavy atom. The molecule has 1 heterocycles. The maximum atomic E-state index is 12.2. The van der Waals surface area contributed by atoms with Gasteiger partial charge in [-0.05, 0) is 66.3 Å². The van der Waals surface area contributed by atoms with Gasteiger partial charge in [0.1, 0.15) is 5.54 Å². The molecule has 1 aliphatic rings. The minimum absolute atomic E-state index is 0.124. The van der Waals surface area contributed by atoms with Crippen LogP contribution in [0.3, 0.4) is 0 Å². The monoisotopic (exact) mass is 298 g/mol. The molecule has 1 N–H and O–H groups in total. The van der Waals surface area contributed by atoms with Crippen molar-refractivity contribution in [3.8, 4) is 0 Å². The molecular weight excluding hydrogens is 264 g/mol. The molecular formula is C17H34N2O2. The fourth-order valence-electron chi connectivity index (χ4n) is 3.49. The van der Waals surface area contributed by atoms with E-state index in [0.29, 0.717) is 12.6 Å². The van der Waals surface area contributed by atoms with E-state index < -0.39 is 5.54 Å². The van der Waals surface area contributed by atoms with Crippen LogP contribution in [-0.4, -0.2) is 48.2 Å². The van der Waals surface area contributed by atoms with Crippen molar-refractivity contribution in [1.29, 1.82) is 0 Å². The normalized spacial score (nSPS) is 26.0. The molecule has 1 saturated heterocycles. The number of rotatable bonds is 8. The average Bonchev–Trinajstić information content (AvgIpc) is 2.67. The van der Waals surface area contributed by atoms with Crippen LogP contribution in [0.5, 0.6) is 0 Å². The van der Waals surface area contributed by atoms with Crippen molar-refractivity contribution in [2.75, 3.05) is 19.7 Å². The molecule has 1 fully saturated rings. The van der Waals surface area contributed by atoms with Crippen LogP contribution in [-0.2, 0) is 9.53 Å². The van der Waals surface area contributed by atoms with Crippen molar-refractivity contribution in [2.24, 2.45) is 5.92 Å². The van der Waals surface area contributed by atoms with Gasteiger partial charge in [0, 0.05) is 18.6 Å². The Balaban J connectivity index is 2.51. The Morgan fingerprint density at radius 2 is 2.10 bits per heavy atom. The predicted molar refractivity (Wildman–Crippen MR) is 87.4 cm³/mol. The van der Waals surface area contributed by atoms with Crippen molar-refractivity contribution >= 4 is 5.97 Å². The zero-order valence-electron chi connectivity index (χ0n) is 14.7. The molecule has 0 aromatic rings. The van der Waals surface area contributed by atoms with E-state index in [1.54, 1.807) is 0 Å². The third kappa shape index (κ3) is 5.59. The number of hydrogen-bond acceptors (Lipinski definition) is 4. The Labute approximate surface area is 130 Å². The first-order valence-corrected chi connectivity index (χ1v) is 8.47. The maximum absolute atomic E-state index is 12.2. The number of ether oxygens (including phenoxy) is 1. The van der Waals surface area contributed by atoms with Crippen LogP contribution in [0.15, 0.2) is 0 Å². The summed E-state index contributed by atoms with van der Waals surface area (Å²) in [6, 6.07) is 0.942. The maximum Gasteiger partial charge on any atom is 0.326 e. The molecule has 4 nitrogen and oxygen atoms in total. The lowest BCUT2D eigenvalue weighted by Crippen LogP contribution is -2.53. The summed E-state index contributed by atoms with van der Waals surface area (Å²) in [6.45, 7) is 15.3. The summed E-state index contributed by atoms with van der Waals surface area (Å²) in [6.07, 6.45) is 3.13. The van der Waals surface area contributed by atoms with Gasteiger partial charge in [-0.1, -0.05) is 6.92 Å². The quantitative estimate of drug-likeness (QED) is 0.700. The van der Waals surface area contributed by atoms with Gasteiger partial charge in [-0.15, -0.1) is 0 Å². The van der Waals surface area contributed by atoms with Crippen LogP contribution < -0.4 is 5.32 Å². The second kappa shape index (κ2) is 8.14. The smallest absolute Gasteiger partial charge is 0.326 e. The lowest BCUT2D eigenvalue weighted by molar-refractivity contribution is -0.151. The molecule has 1 aliphatic heterocycles. The van der Waals surface area contributed by atoms with Crippen LogP contribution in [0, 0.1) is 5.92 Å². The highest BCUT2D eigenvalue weighted by atomic mass is 16.5.